The Bertz CT molecular complexity index is 1010. The monoisotopic (exact) mass is 626 g/mol. The number of aliphatic hydroxyl groups is 1. The summed E-state index contributed by atoms with van der Waals surface area (Å²) in [5.74, 6) is -4.13. The molecule has 0 aromatic rings. The van der Waals surface area contributed by atoms with Crippen molar-refractivity contribution < 1.29 is 53.9 Å². The van der Waals surface area contributed by atoms with Crippen LogP contribution >= 0.6 is 0 Å². The molecule has 0 spiro atoms. The standard InChI is InChI=1S/C23H34O7.C8H16O2.C2H4O2/c1-6-8-20(24)29-19-9-13(4)15-11-18(30-23(28)12(3)7-2)14(5)16(15)10-17(19)21(25)22(26)27;1-2-3-4-5-6-7-8(9)10;1-2(3)4/h7,13,15,17-19,21,25H,6,8-11H2,1-5H3,(H,26,27);2-7H2,1H3,(H,9,10);1H3,(H,3,4)/b12-7-;;. The van der Waals surface area contributed by atoms with Gasteiger partial charge in [-0.25, -0.2) is 9.59 Å². The maximum atomic E-state index is 12.2. The molecular weight excluding hydrogens is 572 g/mol. The fourth-order valence-electron chi connectivity index (χ4n) is 5.45. The molecule has 6 unspecified atom stereocenters. The highest BCUT2D eigenvalue weighted by Crippen LogP contribution is 2.47. The zero-order valence-corrected chi connectivity index (χ0v) is 27.5. The number of aliphatic hydroxyl groups excluding tert-OH is 1. The van der Waals surface area contributed by atoms with E-state index < -0.39 is 36.0 Å². The number of esters is 2. The minimum atomic E-state index is -1.64. The second kappa shape index (κ2) is 21.5. The van der Waals surface area contributed by atoms with Gasteiger partial charge in [0.25, 0.3) is 5.97 Å². The molecule has 11 nitrogen and oxygen atoms in total. The van der Waals surface area contributed by atoms with E-state index in [1.54, 1.807) is 19.9 Å². The smallest absolute Gasteiger partial charge is 0.333 e. The summed E-state index contributed by atoms with van der Waals surface area (Å²) in [7, 11) is 0. The van der Waals surface area contributed by atoms with Crippen LogP contribution in [-0.4, -0.2) is 68.6 Å². The van der Waals surface area contributed by atoms with Crippen molar-refractivity contribution in [3.05, 3.63) is 22.8 Å². The number of rotatable bonds is 13. The van der Waals surface area contributed by atoms with Crippen LogP contribution in [0.5, 0.6) is 0 Å². The number of ether oxygens (including phenoxy) is 2. The molecule has 1 saturated carbocycles. The van der Waals surface area contributed by atoms with Crippen molar-refractivity contribution in [3.8, 4) is 0 Å². The van der Waals surface area contributed by atoms with Crippen LogP contribution in [-0.2, 0) is 33.4 Å². The van der Waals surface area contributed by atoms with Crippen molar-refractivity contribution in [2.45, 2.75) is 137 Å². The molecule has 2 aliphatic carbocycles. The number of hydrogen-bond donors (Lipinski definition) is 4. The van der Waals surface area contributed by atoms with Crippen molar-refractivity contribution in [1.29, 1.82) is 0 Å². The van der Waals surface area contributed by atoms with Gasteiger partial charge in [0.2, 0.25) is 0 Å². The highest BCUT2D eigenvalue weighted by molar-refractivity contribution is 5.88. The Balaban J connectivity index is 0.00000110. The predicted molar refractivity (Wildman–Crippen MR) is 165 cm³/mol. The lowest BCUT2D eigenvalue weighted by Gasteiger charge is -2.28. The summed E-state index contributed by atoms with van der Waals surface area (Å²) >= 11 is 0. The van der Waals surface area contributed by atoms with Gasteiger partial charge in [-0.1, -0.05) is 58.1 Å². The molecule has 0 aromatic carbocycles. The quantitative estimate of drug-likeness (QED) is 0.0822. The molecule has 2 rings (SSSR count). The van der Waals surface area contributed by atoms with Crippen LogP contribution < -0.4 is 0 Å². The van der Waals surface area contributed by atoms with E-state index in [-0.39, 0.29) is 36.3 Å². The predicted octanol–water partition coefficient (Wildman–Crippen LogP) is 5.93. The molecule has 0 aromatic heterocycles. The SMILES string of the molecule is C/C=C(/C)C(=O)OC1CC2C(=C1C)CC(C(O)C(=O)O)C(OC(=O)CCC)CC2C.CC(=O)O.CCCCCCCC(=O)O. The van der Waals surface area contributed by atoms with Gasteiger partial charge in [-0.3, -0.25) is 14.4 Å². The lowest BCUT2D eigenvalue weighted by Crippen LogP contribution is -2.39. The number of carbonyl (C=O) groups excluding carboxylic acids is 2. The molecular formula is C33H54O11. The van der Waals surface area contributed by atoms with Gasteiger partial charge in [-0.05, 0) is 70.3 Å². The first-order chi connectivity index (χ1) is 20.6. The van der Waals surface area contributed by atoms with Gasteiger partial charge in [0, 0.05) is 31.3 Å². The highest BCUT2D eigenvalue weighted by atomic mass is 16.5. The Hall–Kier alpha value is -3.21. The molecule has 6 atom stereocenters. The first-order valence-corrected chi connectivity index (χ1v) is 15.7. The van der Waals surface area contributed by atoms with E-state index in [1.165, 1.54) is 19.3 Å². The van der Waals surface area contributed by atoms with Crippen LogP contribution in [0, 0.1) is 17.8 Å². The van der Waals surface area contributed by atoms with Gasteiger partial charge in [0.05, 0.1) is 0 Å². The molecule has 44 heavy (non-hydrogen) atoms. The molecule has 0 saturated heterocycles. The Labute approximate surface area is 261 Å². The van der Waals surface area contributed by atoms with Gasteiger partial charge >= 0.3 is 23.9 Å². The van der Waals surface area contributed by atoms with Crippen LogP contribution in [0.4, 0.5) is 0 Å². The summed E-state index contributed by atoms with van der Waals surface area (Å²) < 4.78 is 11.3. The Kier molecular flexibility index (Phi) is 19.9. The third-order valence-corrected chi connectivity index (χ3v) is 8.02. The van der Waals surface area contributed by atoms with Gasteiger partial charge in [0.15, 0.2) is 6.10 Å². The fraction of sp³-hybridized carbons (Fsp3) is 0.727. The number of allylic oxidation sites excluding steroid dienone is 2. The number of aliphatic carboxylic acids is 3. The minimum absolute atomic E-state index is 0.0897. The third kappa shape index (κ3) is 15.0. The van der Waals surface area contributed by atoms with E-state index in [1.807, 2.05) is 20.8 Å². The maximum Gasteiger partial charge on any atom is 0.333 e. The molecule has 0 heterocycles. The fourth-order valence-corrected chi connectivity index (χ4v) is 5.45. The number of carbonyl (C=O) groups is 5. The summed E-state index contributed by atoms with van der Waals surface area (Å²) in [4.78, 5) is 54.9. The molecule has 0 radical (unpaired) electrons. The summed E-state index contributed by atoms with van der Waals surface area (Å²) in [5, 5.41) is 35.5. The molecule has 1 fully saturated rings. The molecule has 0 bridgehead atoms. The summed E-state index contributed by atoms with van der Waals surface area (Å²) in [6.45, 7) is 12.5. The Morgan fingerprint density at radius 3 is 2.00 bits per heavy atom. The topological polar surface area (TPSA) is 185 Å². The first-order valence-electron chi connectivity index (χ1n) is 15.7. The van der Waals surface area contributed by atoms with Crippen LogP contribution in [0.15, 0.2) is 22.8 Å². The first kappa shape index (κ1) is 40.8. The lowest BCUT2D eigenvalue weighted by molar-refractivity contribution is -0.163. The Morgan fingerprint density at radius 2 is 1.50 bits per heavy atom. The summed E-state index contributed by atoms with van der Waals surface area (Å²) in [6, 6.07) is 0. The van der Waals surface area contributed by atoms with Crippen molar-refractivity contribution in [2.24, 2.45) is 17.8 Å². The van der Waals surface area contributed by atoms with Gasteiger partial charge in [-0.2, -0.15) is 0 Å². The van der Waals surface area contributed by atoms with Crippen molar-refractivity contribution in [3.63, 3.8) is 0 Å². The normalized spacial score (nSPS) is 23.5. The Morgan fingerprint density at radius 1 is 0.909 bits per heavy atom. The molecule has 4 N–H and O–H groups in total. The lowest BCUT2D eigenvalue weighted by atomic mass is 9.86. The average molecular weight is 627 g/mol. The van der Waals surface area contributed by atoms with Gasteiger partial charge < -0.3 is 29.9 Å². The van der Waals surface area contributed by atoms with Gasteiger partial charge in [0.1, 0.15) is 12.2 Å². The third-order valence-electron chi connectivity index (χ3n) is 8.02. The largest absolute Gasteiger partial charge is 0.481 e. The van der Waals surface area contributed by atoms with E-state index in [2.05, 4.69) is 6.92 Å². The van der Waals surface area contributed by atoms with E-state index in [0.717, 1.165) is 30.9 Å². The van der Waals surface area contributed by atoms with Crippen molar-refractivity contribution in [2.75, 3.05) is 0 Å². The second-order valence-electron chi connectivity index (χ2n) is 11.6. The van der Waals surface area contributed by atoms with Crippen molar-refractivity contribution >= 4 is 29.8 Å². The molecule has 2 aliphatic rings. The number of carboxylic acids is 3. The number of hydrogen-bond acceptors (Lipinski definition) is 8. The number of carboxylic acid groups (broad SMARTS) is 3. The molecule has 252 valence electrons. The van der Waals surface area contributed by atoms with Crippen molar-refractivity contribution in [1.82, 2.24) is 0 Å². The summed E-state index contributed by atoms with van der Waals surface area (Å²) in [6.07, 6.45) is 7.20. The molecule has 0 aliphatic heterocycles. The van der Waals surface area contributed by atoms with E-state index >= 15 is 0 Å². The maximum absolute atomic E-state index is 12.2. The highest BCUT2D eigenvalue weighted by Gasteiger charge is 2.46. The van der Waals surface area contributed by atoms with E-state index in [0.29, 0.717) is 37.7 Å². The molecule has 11 heteroatoms. The molecule has 0 amide bonds. The van der Waals surface area contributed by atoms with Crippen LogP contribution in [0.3, 0.4) is 0 Å². The van der Waals surface area contributed by atoms with Gasteiger partial charge in [-0.15, -0.1) is 0 Å². The van der Waals surface area contributed by atoms with E-state index in [9.17, 15) is 29.4 Å². The minimum Gasteiger partial charge on any atom is -0.481 e. The summed E-state index contributed by atoms with van der Waals surface area (Å²) in [5.41, 5.74) is 2.46. The zero-order valence-electron chi connectivity index (χ0n) is 27.5. The zero-order chi connectivity index (χ0) is 34.0. The number of fused-ring (bicyclic) bond motifs is 1. The second-order valence-corrected chi connectivity index (χ2v) is 11.6. The van der Waals surface area contributed by atoms with Crippen LogP contribution in [0.25, 0.3) is 0 Å². The van der Waals surface area contributed by atoms with E-state index in [4.69, 9.17) is 24.5 Å². The average Bonchev–Trinajstić information content (AvgIpc) is 3.17. The number of unbranched alkanes of at least 4 members (excludes halogenated alkanes) is 4. The van der Waals surface area contributed by atoms with Crippen LogP contribution in [0.2, 0.25) is 0 Å². The van der Waals surface area contributed by atoms with Crippen LogP contribution in [0.1, 0.15) is 119 Å².